The maximum atomic E-state index is 13.0. The van der Waals surface area contributed by atoms with Crippen molar-refractivity contribution in [3.8, 4) is 0 Å². The average Bonchev–Trinajstić information content (AvgIpc) is 2.93. The highest BCUT2D eigenvalue weighted by atomic mass is 16.5. The van der Waals surface area contributed by atoms with Crippen LogP contribution in [0.4, 0.5) is 11.4 Å². The fourth-order valence-corrected chi connectivity index (χ4v) is 5.41. The molecule has 2 aromatic rings. The average molecular weight is 507 g/mol. The van der Waals surface area contributed by atoms with Gasteiger partial charge >= 0.3 is 0 Å². The lowest BCUT2D eigenvalue weighted by molar-refractivity contribution is -0.115. The summed E-state index contributed by atoms with van der Waals surface area (Å²) in [5.74, 6) is 0.200. The van der Waals surface area contributed by atoms with Crippen molar-refractivity contribution in [3.05, 3.63) is 59.2 Å². The number of benzene rings is 2. The predicted octanol–water partition coefficient (Wildman–Crippen LogP) is 3.55. The molecule has 1 N–H and O–H groups in total. The number of aryl methyl sites for hydroxylation is 1. The molecular weight excluding hydrogens is 464 g/mol. The molecule has 1 atom stereocenters. The highest BCUT2D eigenvalue weighted by Crippen LogP contribution is 2.31. The van der Waals surface area contributed by atoms with Crippen molar-refractivity contribution < 1.29 is 14.3 Å². The minimum atomic E-state index is 0.0334. The van der Waals surface area contributed by atoms with Gasteiger partial charge in [0.05, 0.1) is 13.2 Å². The van der Waals surface area contributed by atoms with Crippen LogP contribution in [0.3, 0.4) is 0 Å². The standard InChI is InChI=1S/C27H36N4O2.C3H6O/c1-2-29-12-14-31(15-13-29)26-5-3-4-21-6-9-23(20-25(21)26)28-27(32)22-7-10-24(11-8-22)30-16-18-33-19-17-30;1-3(2)4/h3-5,7-8,10-11,23H,2,6,9,12-20H2,1H3,(H,28,32);1-2H3/t23-;/m1./s1. The summed E-state index contributed by atoms with van der Waals surface area (Å²) in [6, 6.07) is 15.0. The predicted molar refractivity (Wildman–Crippen MR) is 150 cm³/mol. The Kier molecular flexibility index (Phi) is 9.58. The fraction of sp³-hybridized carbons (Fsp3) is 0.533. The van der Waals surface area contributed by atoms with Gasteiger partial charge in [-0.15, -0.1) is 0 Å². The van der Waals surface area contributed by atoms with Crippen LogP contribution in [-0.2, 0) is 22.4 Å². The van der Waals surface area contributed by atoms with Crippen LogP contribution in [0.15, 0.2) is 42.5 Å². The number of piperazine rings is 1. The van der Waals surface area contributed by atoms with Crippen molar-refractivity contribution in [1.82, 2.24) is 10.2 Å². The van der Waals surface area contributed by atoms with Crippen LogP contribution in [0.25, 0.3) is 0 Å². The van der Waals surface area contributed by atoms with Crippen molar-refractivity contribution in [2.24, 2.45) is 0 Å². The number of anilines is 2. The van der Waals surface area contributed by atoms with Gasteiger partial charge in [0, 0.05) is 62.2 Å². The van der Waals surface area contributed by atoms with Crippen LogP contribution in [0.5, 0.6) is 0 Å². The molecule has 0 spiro atoms. The van der Waals surface area contributed by atoms with Crippen LogP contribution in [0.1, 0.15) is 48.7 Å². The lowest BCUT2D eigenvalue weighted by atomic mass is 9.86. The SMILES string of the molecule is CC(C)=O.CCN1CCN(c2cccc3c2C[C@H](NC(=O)c2ccc(N4CCOCC4)cc2)CC3)CC1. The third kappa shape index (κ3) is 7.33. The Morgan fingerprint density at radius 2 is 1.59 bits per heavy atom. The monoisotopic (exact) mass is 506 g/mol. The summed E-state index contributed by atoms with van der Waals surface area (Å²) < 4.78 is 5.44. The molecule has 2 fully saturated rings. The zero-order valence-corrected chi connectivity index (χ0v) is 22.7. The van der Waals surface area contributed by atoms with E-state index in [1.165, 1.54) is 30.7 Å². The van der Waals surface area contributed by atoms with Gasteiger partial charge in [0.2, 0.25) is 0 Å². The molecule has 0 aromatic heterocycles. The molecule has 1 aliphatic carbocycles. The zero-order valence-electron chi connectivity index (χ0n) is 22.7. The lowest BCUT2D eigenvalue weighted by Crippen LogP contribution is -2.47. The van der Waals surface area contributed by atoms with E-state index in [4.69, 9.17) is 4.74 Å². The number of nitrogens with zero attached hydrogens (tertiary/aromatic N) is 3. The number of rotatable bonds is 5. The molecule has 2 saturated heterocycles. The van der Waals surface area contributed by atoms with Gasteiger partial charge in [-0.1, -0.05) is 19.1 Å². The minimum absolute atomic E-state index is 0.0334. The Morgan fingerprint density at radius 3 is 2.24 bits per heavy atom. The van der Waals surface area contributed by atoms with Crippen molar-refractivity contribution in [2.75, 3.05) is 68.8 Å². The first-order valence-electron chi connectivity index (χ1n) is 13.7. The third-order valence-electron chi connectivity index (χ3n) is 7.46. The number of ketones is 1. The maximum Gasteiger partial charge on any atom is 0.251 e. The topological polar surface area (TPSA) is 65.1 Å². The van der Waals surface area contributed by atoms with Crippen LogP contribution in [-0.4, -0.2) is 81.7 Å². The van der Waals surface area contributed by atoms with Crippen molar-refractivity contribution >= 4 is 23.1 Å². The summed E-state index contributed by atoms with van der Waals surface area (Å²) in [5.41, 5.74) is 6.15. The summed E-state index contributed by atoms with van der Waals surface area (Å²) in [5, 5.41) is 3.32. The second-order valence-electron chi connectivity index (χ2n) is 10.3. The van der Waals surface area contributed by atoms with Gasteiger partial charge in [0.15, 0.2) is 0 Å². The molecule has 1 amide bonds. The zero-order chi connectivity index (χ0) is 26.2. The van der Waals surface area contributed by atoms with Gasteiger partial charge in [-0.05, 0) is 81.1 Å². The number of hydrogen-bond acceptors (Lipinski definition) is 6. The molecule has 0 bridgehead atoms. The summed E-state index contributed by atoms with van der Waals surface area (Å²) in [6.45, 7) is 14.2. The van der Waals surface area contributed by atoms with E-state index in [9.17, 15) is 9.59 Å². The summed E-state index contributed by atoms with van der Waals surface area (Å²) >= 11 is 0. The Morgan fingerprint density at radius 1 is 0.919 bits per heavy atom. The van der Waals surface area contributed by atoms with Crippen molar-refractivity contribution in [3.63, 3.8) is 0 Å². The Bertz CT molecular complexity index is 1040. The Hall–Kier alpha value is -2.90. The molecule has 5 rings (SSSR count). The van der Waals surface area contributed by atoms with E-state index in [2.05, 4.69) is 57.3 Å². The number of ether oxygens (including phenoxy) is 1. The van der Waals surface area contributed by atoms with E-state index in [1.807, 2.05) is 12.1 Å². The lowest BCUT2D eigenvalue weighted by Gasteiger charge is -2.38. The number of fused-ring (bicyclic) bond motifs is 1. The largest absolute Gasteiger partial charge is 0.378 e. The van der Waals surface area contributed by atoms with Crippen LogP contribution in [0, 0.1) is 0 Å². The first-order chi connectivity index (χ1) is 17.9. The van der Waals surface area contributed by atoms with Crippen LogP contribution < -0.4 is 15.1 Å². The molecule has 7 heteroatoms. The van der Waals surface area contributed by atoms with Gasteiger partial charge in [-0.2, -0.15) is 0 Å². The van der Waals surface area contributed by atoms with Crippen molar-refractivity contribution in [2.45, 2.75) is 46.1 Å². The summed E-state index contributed by atoms with van der Waals surface area (Å²) in [6.07, 6.45) is 2.94. The van der Waals surface area contributed by atoms with Crippen molar-refractivity contribution in [1.29, 1.82) is 0 Å². The third-order valence-corrected chi connectivity index (χ3v) is 7.46. The number of Topliss-reactive ketones (excluding diaryl/α,β-unsaturated/α-hetero) is 1. The van der Waals surface area contributed by atoms with E-state index < -0.39 is 0 Å². The van der Waals surface area contributed by atoms with E-state index in [-0.39, 0.29) is 17.7 Å². The molecule has 0 radical (unpaired) electrons. The smallest absolute Gasteiger partial charge is 0.251 e. The van der Waals surface area contributed by atoms with E-state index >= 15 is 0 Å². The summed E-state index contributed by atoms with van der Waals surface area (Å²) in [7, 11) is 0. The van der Waals surface area contributed by atoms with Crippen LogP contribution in [0.2, 0.25) is 0 Å². The normalized spacial score (nSPS) is 19.9. The molecule has 3 aliphatic rings. The minimum Gasteiger partial charge on any atom is -0.378 e. The second kappa shape index (κ2) is 13.1. The number of likely N-dealkylation sites (N-methyl/N-ethyl adjacent to an activating group) is 1. The number of nitrogens with one attached hydrogen (secondary N) is 1. The van der Waals surface area contributed by atoms with Gasteiger partial charge in [-0.25, -0.2) is 0 Å². The quantitative estimate of drug-likeness (QED) is 0.669. The van der Waals surface area contributed by atoms with Crippen LogP contribution >= 0.6 is 0 Å². The maximum absolute atomic E-state index is 13.0. The number of amides is 1. The molecule has 0 saturated carbocycles. The second-order valence-corrected chi connectivity index (χ2v) is 10.3. The first-order valence-corrected chi connectivity index (χ1v) is 13.7. The van der Waals surface area contributed by atoms with Gasteiger partial charge in [0.1, 0.15) is 5.78 Å². The fourth-order valence-electron chi connectivity index (χ4n) is 5.41. The molecular formula is C30H42N4O3. The van der Waals surface area contributed by atoms with Gasteiger partial charge in [0.25, 0.3) is 5.91 Å². The van der Waals surface area contributed by atoms with E-state index in [0.29, 0.717) is 0 Å². The number of morpholine rings is 1. The Balaban J connectivity index is 0.000000747. The molecule has 200 valence electrons. The molecule has 0 unspecified atom stereocenters. The van der Waals surface area contributed by atoms with Gasteiger partial charge < -0.3 is 29.5 Å². The van der Waals surface area contributed by atoms with E-state index in [0.717, 1.165) is 89.5 Å². The molecule has 2 heterocycles. The highest BCUT2D eigenvalue weighted by molar-refractivity contribution is 5.94. The van der Waals surface area contributed by atoms with Gasteiger partial charge in [-0.3, -0.25) is 4.79 Å². The van der Waals surface area contributed by atoms with E-state index in [1.54, 1.807) is 0 Å². The highest BCUT2D eigenvalue weighted by Gasteiger charge is 2.26. The molecule has 2 aliphatic heterocycles. The number of carbonyl (C=O) groups excluding carboxylic acids is 2. The first kappa shape index (κ1) is 27.1. The number of hydrogen-bond donors (Lipinski definition) is 1. The molecule has 37 heavy (non-hydrogen) atoms. The molecule has 2 aromatic carbocycles. The number of carbonyl (C=O) groups is 2. The Labute approximate surface area is 221 Å². The summed E-state index contributed by atoms with van der Waals surface area (Å²) in [4.78, 5) is 29.8. The molecule has 7 nitrogen and oxygen atoms in total.